The second-order valence-electron chi connectivity index (χ2n) is 4.34. The van der Waals surface area contributed by atoms with Crippen LogP contribution in [0.2, 0.25) is 5.02 Å². The molecule has 17 heavy (non-hydrogen) atoms. The molecule has 0 fully saturated rings. The average molecular weight is 254 g/mol. The molecule has 2 unspecified atom stereocenters. The van der Waals surface area contributed by atoms with Crippen molar-refractivity contribution in [3.8, 4) is 0 Å². The molecule has 0 saturated heterocycles. The maximum absolute atomic E-state index is 11.7. The number of fused-ring (bicyclic) bond motifs is 1. The molecular weight excluding hydrogens is 238 g/mol. The first kappa shape index (κ1) is 12.4. The molecule has 0 radical (unpaired) electrons. The van der Waals surface area contributed by atoms with Crippen LogP contribution >= 0.6 is 11.6 Å². The summed E-state index contributed by atoms with van der Waals surface area (Å²) in [6, 6.07) is 3.62. The molecule has 1 aliphatic rings. The van der Waals surface area contributed by atoms with Crippen LogP contribution < -0.4 is 5.32 Å². The quantitative estimate of drug-likeness (QED) is 0.869. The van der Waals surface area contributed by atoms with Crippen LogP contribution in [0.5, 0.6) is 0 Å². The van der Waals surface area contributed by atoms with E-state index in [0.717, 1.165) is 17.5 Å². The summed E-state index contributed by atoms with van der Waals surface area (Å²) in [6.07, 6.45) is 0.847. The predicted molar refractivity (Wildman–Crippen MR) is 68.4 cm³/mol. The van der Waals surface area contributed by atoms with Gasteiger partial charge in [-0.25, -0.2) is 0 Å². The van der Waals surface area contributed by atoms with Gasteiger partial charge in [-0.3, -0.25) is 4.79 Å². The molecule has 4 heteroatoms. The van der Waals surface area contributed by atoms with Gasteiger partial charge in [0.25, 0.3) is 0 Å². The van der Waals surface area contributed by atoms with Gasteiger partial charge in [-0.2, -0.15) is 0 Å². The van der Waals surface area contributed by atoms with Crippen LogP contribution in [0.4, 0.5) is 5.69 Å². The maximum atomic E-state index is 11.7. The van der Waals surface area contributed by atoms with Gasteiger partial charge in [0, 0.05) is 0 Å². The van der Waals surface area contributed by atoms with Crippen LogP contribution in [0.3, 0.4) is 0 Å². The number of benzene rings is 1. The number of hydrogen-bond donors (Lipinski definition) is 2. The maximum Gasteiger partial charge on any atom is 0.232 e. The molecule has 2 atom stereocenters. The fourth-order valence-corrected chi connectivity index (χ4v) is 2.52. The minimum atomic E-state index is -0.522. The summed E-state index contributed by atoms with van der Waals surface area (Å²) in [7, 11) is 0. The van der Waals surface area contributed by atoms with Crippen LogP contribution in [0.15, 0.2) is 12.1 Å². The highest BCUT2D eigenvalue weighted by Gasteiger charge is 2.31. The molecule has 92 valence electrons. The molecule has 1 heterocycles. The lowest BCUT2D eigenvalue weighted by atomic mass is 9.94. The van der Waals surface area contributed by atoms with E-state index in [1.54, 1.807) is 6.07 Å². The van der Waals surface area contributed by atoms with E-state index in [2.05, 4.69) is 5.32 Å². The third kappa shape index (κ3) is 2.05. The minimum absolute atomic E-state index is 0.00691. The molecule has 2 N–H and O–H groups in total. The van der Waals surface area contributed by atoms with Crippen molar-refractivity contribution in [1.82, 2.24) is 0 Å². The van der Waals surface area contributed by atoms with Crippen LogP contribution in [0.1, 0.15) is 49.8 Å². The van der Waals surface area contributed by atoms with Crippen LogP contribution in [0.25, 0.3) is 0 Å². The van der Waals surface area contributed by atoms with Crippen molar-refractivity contribution in [2.24, 2.45) is 0 Å². The first-order valence-corrected chi connectivity index (χ1v) is 6.28. The van der Waals surface area contributed by atoms with Crippen LogP contribution in [-0.2, 0) is 4.79 Å². The number of carbonyl (C=O) groups is 1. The molecule has 1 aromatic carbocycles. The predicted octanol–water partition coefficient (Wildman–Crippen LogP) is 3.23. The molecule has 0 bridgehead atoms. The lowest BCUT2D eigenvalue weighted by Gasteiger charge is -2.13. The molecular formula is C13H16ClNO2. The molecule has 0 saturated carbocycles. The Morgan fingerprint density at radius 2 is 2.18 bits per heavy atom. The Kier molecular flexibility index (Phi) is 3.40. The average Bonchev–Trinajstić information content (AvgIpc) is 2.64. The smallest absolute Gasteiger partial charge is 0.232 e. The number of anilines is 1. The summed E-state index contributed by atoms with van der Waals surface area (Å²) in [6.45, 7) is 3.88. The highest BCUT2D eigenvalue weighted by atomic mass is 35.5. The Hall–Kier alpha value is -1.06. The summed E-state index contributed by atoms with van der Waals surface area (Å²) in [5.41, 5.74) is 2.40. The van der Waals surface area contributed by atoms with E-state index in [-0.39, 0.29) is 11.8 Å². The molecule has 2 rings (SSSR count). The lowest BCUT2D eigenvalue weighted by molar-refractivity contribution is -0.117. The normalized spacial score (nSPS) is 20.0. The van der Waals surface area contributed by atoms with E-state index in [4.69, 9.17) is 11.6 Å². The van der Waals surface area contributed by atoms with Crippen molar-refractivity contribution in [2.75, 3.05) is 5.32 Å². The Balaban J connectivity index is 2.50. The Bertz CT molecular complexity index is 459. The lowest BCUT2D eigenvalue weighted by Crippen LogP contribution is -2.10. The highest BCUT2D eigenvalue weighted by molar-refractivity contribution is 6.34. The number of hydrogen-bond acceptors (Lipinski definition) is 2. The first-order valence-electron chi connectivity index (χ1n) is 5.90. The van der Waals surface area contributed by atoms with Crippen molar-refractivity contribution in [3.05, 3.63) is 28.3 Å². The second-order valence-corrected chi connectivity index (χ2v) is 4.75. The van der Waals surface area contributed by atoms with Gasteiger partial charge in [0.05, 0.1) is 22.7 Å². The molecule has 0 aromatic heterocycles. The largest absolute Gasteiger partial charge is 0.388 e. The zero-order valence-corrected chi connectivity index (χ0v) is 10.7. The topological polar surface area (TPSA) is 49.3 Å². The van der Waals surface area contributed by atoms with E-state index < -0.39 is 6.10 Å². The Labute approximate surface area is 106 Å². The van der Waals surface area contributed by atoms with Gasteiger partial charge in [0.15, 0.2) is 0 Å². The molecule has 0 aliphatic carbocycles. The molecule has 0 spiro atoms. The van der Waals surface area contributed by atoms with E-state index in [1.807, 2.05) is 19.9 Å². The Morgan fingerprint density at radius 1 is 1.47 bits per heavy atom. The number of aliphatic hydroxyl groups is 1. The fraction of sp³-hybridized carbons (Fsp3) is 0.462. The number of halogens is 1. The van der Waals surface area contributed by atoms with Gasteiger partial charge >= 0.3 is 0 Å². The Morgan fingerprint density at radius 3 is 2.76 bits per heavy atom. The zero-order valence-electron chi connectivity index (χ0n) is 9.96. The van der Waals surface area contributed by atoms with Gasteiger partial charge in [0.2, 0.25) is 5.91 Å². The number of amides is 1. The van der Waals surface area contributed by atoms with Crippen molar-refractivity contribution < 1.29 is 9.90 Å². The standard InChI is InChI=1S/C13H16ClNO2/c1-3-8-9-5-7(11(16)4-2)6-10(14)12(9)15-13(8)17/h5-6,8,11,16H,3-4H2,1-2H3,(H,15,17). The third-order valence-electron chi connectivity index (χ3n) is 3.26. The van der Waals surface area contributed by atoms with Crippen molar-refractivity contribution in [2.45, 2.75) is 38.7 Å². The van der Waals surface area contributed by atoms with Crippen molar-refractivity contribution in [3.63, 3.8) is 0 Å². The van der Waals surface area contributed by atoms with Crippen LogP contribution in [-0.4, -0.2) is 11.0 Å². The monoisotopic (exact) mass is 253 g/mol. The van der Waals surface area contributed by atoms with Crippen LogP contribution in [0, 0.1) is 0 Å². The SMILES string of the molecule is CCC(O)c1cc(Cl)c2c(c1)C(CC)C(=O)N2. The van der Waals surface area contributed by atoms with E-state index in [0.29, 0.717) is 17.1 Å². The number of nitrogens with one attached hydrogen (secondary N) is 1. The number of carbonyl (C=O) groups excluding carboxylic acids is 1. The molecule has 1 aromatic rings. The molecule has 1 amide bonds. The van der Waals surface area contributed by atoms with Gasteiger partial charge < -0.3 is 10.4 Å². The van der Waals surface area contributed by atoms with Crippen molar-refractivity contribution >= 4 is 23.2 Å². The van der Waals surface area contributed by atoms with Gasteiger partial charge in [-0.05, 0) is 30.0 Å². The highest BCUT2D eigenvalue weighted by Crippen LogP contribution is 2.41. The number of rotatable bonds is 3. The fourth-order valence-electron chi connectivity index (χ4n) is 2.24. The summed E-state index contributed by atoms with van der Waals surface area (Å²) in [4.78, 5) is 11.7. The third-order valence-corrected chi connectivity index (χ3v) is 3.56. The summed E-state index contributed by atoms with van der Waals surface area (Å²) >= 11 is 6.14. The van der Waals surface area contributed by atoms with E-state index in [1.165, 1.54) is 0 Å². The first-order chi connectivity index (χ1) is 8.08. The minimum Gasteiger partial charge on any atom is -0.388 e. The second kappa shape index (κ2) is 4.67. The van der Waals surface area contributed by atoms with Gasteiger partial charge in [-0.15, -0.1) is 0 Å². The summed E-state index contributed by atoms with van der Waals surface area (Å²) in [5, 5.41) is 13.2. The summed E-state index contributed by atoms with van der Waals surface area (Å²) < 4.78 is 0. The van der Waals surface area contributed by atoms with E-state index in [9.17, 15) is 9.90 Å². The van der Waals surface area contributed by atoms with Gasteiger partial charge in [-0.1, -0.05) is 31.5 Å². The molecule has 1 aliphatic heterocycles. The zero-order chi connectivity index (χ0) is 12.6. The summed E-state index contributed by atoms with van der Waals surface area (Å²) in [5.74, 6) is -0.154. The van der Waals surface area contributed by atoms with Crippen molar-refractivity contribution in [1.29, 1.82) is 0 Å². The van der Waals surface area contributed by atoms with E-state index >= 15 is 0 Å². The number of aliphatic hydroxyl groups excluding tert-OH is 1. The van der Waals surface area contributed by atoms with Gasteiger partial charge in [0.1, 0.15) is 0 Å². The molecule has 3 nitrogen and oxygen atoms in total.